The molecule has 0 radical (unpaired) electrons. The summed E-state index contributed by atoms with van der Waals surface area (Å²) in [6.07, 6.45) is 11.2. The summed E-state index contributed by atoms with van der Waals surface area (Å²) in [7, 11) is 1.70. The van der Waals surface area contributed by atoms with E-state index in [0.29, 0.717) is 32.2 Å². The second-order valence-electron chi connectivity index (χ2n) is 9.83. The molecule has 1 atom stereocenters. The van der Waals surface area contributed by atoms with Gasteiger partial charge in [0, 0.05) is 75.7 Å². The number of allylic oxidation sites excluding steroid dienone is 2. The zero-order valence-electron chi connectivity index (χ0n) is 24.1. The molecule has 4 rings (SSSR count). The number of rotatable bonds is 8. The first-order valence-corrected chi connectivity index (χ1v) is 14.2. The molecule has 0 saturated carbocycles. The van der Waals surface area contributed by atoms with E-state index < -0.39 is 0 Å². The predicted molar refractivity (Wildman–Crippen MR) is 164 cm³/mol. The van der Waals surface area contributed by atoms with Crippen molar-refractivity contribution in [2.24, 2.45) is 15.9 Å². The number of hydrogen-bond donors (Lipinski definition) is 1. The summed E-state index contributed by atoms with van der Waals surface area (Å²) < 4.78 is 16.4. The van der Waals surface area contributed by atoms with Crippen molar-refractivity contribution >= 4 is 29.5 Å². The molecule has 0 aliphatic carbocycles. The first-order valence-electron chi connectivity index (χ1n) is 14.2. The average molecular weight is 552 g/mol. The second-order valence-corrected chi connectivity index (χ2v) is 9.83. The number of ether oxygens (including phenoxy) is 3. The standard InChI is InChI=1S/C29H41N5O4.C2H4/c1-23-21-27(38-18-4-17-36-2)5-3-6-28(31-22-30-23)24-11-13-34(14-12-24)29(35)32-25-7-9-26(10-8-25)33-15-19-37-20-16-33;1-2/h3,5,7-10,21-24H,4,6,11-20H2,1-2H3,(H,32,35);1-2H2/b5-3-,27-21+,30-22?,31-28?;. The molecular weight excluding hydrogens is 506 g/mol. The Labute approximate surface area is 239 Å². The van der Waals surface area contributed by atoms with E-state index in [1.54, 1.807) is 13.4 Å². The molecule has 1 unspecified atom stereocenters. The third kappa shape index (κ3) is 9.95. The Morgan fingerprint density at radius 2 is 1.82 bits per heavy atom. The molecule has 1 aromatic rings. The quantitative estimate of drug-likeness (QED) is 0.349. The molecule has 3 aliphatic rings. The fourth-order valence-electron chi connectivity index (χ4n) is 4.85. The van der Waals surface area contributed by atoms with Crippen LogP contribution in [0.5, 0.6) is 0 Å². The number of morpholine rings is 1. The molecule has 3 heterocycles. The van der Waals surface area contributed by atoms with Gasteiger partial charge in [0.1, 0.15) is 12.1 Å². The van der Waals surface area contributed by atoms with Crippen molar-refractivity contribution in [1.29, 1.82) is 0 Å². The summed E-state index contributed by atoms with van der Waals surface area (Å²) >= 11 is 0. The number of carbonyl (C=O) groups excluding carboxylic acids is 1. The van der Waals surface area contributed by atoms with Gasteiger partial charge in [-0.05, 0) is 56.2 Å². The maximum atomic E-state index is 12.9. The Morgan fingerprint density at radius 3 is 2.52 bits per heavy atom. The minimum atomic E-state index is -0.0499. The zero-order valence-corrected chi connectivity index (χ0v) is 24.1. The molecule has 1 N–H and O–H groups in total. The highest BCUT2D eigenvalue weighted by atomic mass is 16.5. The third-order valence-electron chi connectivity index (χ3n) is 7.05. The van der Waals surface area contributed by atoms with Gasteiger partial charge < -0.3 is 29.3 Å². The Morgan fingerprint density at radius 1 is 1.10 bits per heavy atom. The van der Waals surface area contributed by atoms with Crippen LogP contribution in [-0.2, 0) is 14.2 Å². The minimum Gasteiger partial charge on any atom is -0.494 e. The first kappa shape index (κ1) is 31.1. The summed E-state index contributed by atoms with van der Waals surface area (Å²) in [4.78, 5) is 26.4. The molecule has 1 aromatic carbocycles. The molecule has 0 spiro atoms. The van der Waals surface area contributed by atoms with Crippen molar-refractivity contribution in [3.05, 3.63) is 61.4 Å². The molecule has 9 heteroatoms. The number of hydrogen-bond acceptors (Lipinski definition) is 7. The van der Waals surface area contributed by atoms with E-state index in [1.807, 2.05) is 36.1 Å². The van der Waals surface area contributed by atoms with Gasteiger partial charge in [-0.15, -0.1) is 13.2 Å². The fourth-order valence-corrected chi connectivity index (χ4v) is 4.85. The number of nitrogens with zero attached hydrogens (tertiary/aromatic N) is 4. The van der Waals surface area contributed by atoms with Crippen molar-refractivity contribution in [3.8, 4) is 0 Å². The molecular formula is C31H45N5O4. The van der Waals surface area contributed by atoms with Crippen LogP contribution in [0.25, 0.3) is 0 Å². The van der Waals surface area contributed by atoms with Gasteiger partial charge in [-0.1, -0.05) is 6.08 Å². The van der Waals surface area contributed by atoms with E-state index in [1.165, 1.54) is 0 Å². The minimum absolute atomic E-state index is 0.0198. The Bertz CT molecular complexity index is 1020. The molecule has 3 aliphatic heterocycles. The van der Waals surface area contributed by atoms with Gasteiger partial charge in [-0.3, -0.25) is 4.99 Å². The van der Waals surface area contributed by atoms with Crippen LogP contribution in [0, 0.1) is 5.92 Å². The lowest BCUT2D eigenvalue weighted by Crippen LogP contribution is -2.42. The lowest BCUT2D eigenvalue weighted by molar-refractivity contribution is 0.122. The van der Waals surface area contributed by atoms with E-state index in [0.717, 1.165) is 74.8 Å². The van der Waals surface area contributed by atoms with E-state index in [2.05, 4.69) is 46.6 Å². The number of carbonyl (C=O) groups is 1. The largest absolute Gasteiger partial charge is 0.494 e. The van der Waals surface area contributed by atoms with Crippen molar-refractivity contribution in [2.45, 2.75) is 38.6 Å². The van der Waals surface area contributed by atoms with Gasteiger partial charge in [0.15, 0.2) is 0 Å². The van der Waals surface area contributed by atoms with Gasteiger partial charge in [-0.25, -0.2) is 9.79 Å². The molecule has 0 aromatic heterocycles. The molecule has 2 saturated heterocycles. The maximum absolute atomic E-state index is 12.9. The molecule has 0 bridgehead atoms. The zero-order chi connectivity index (χ0) is 28.6. The lowest BCUT2D eigenvalue weighted by atomic mass is 9.90. The van der Waals surface area contributed by atoms with E-state index in [-0.39, 0.29) is 12.1 Å². The van der Waals surface area contributed by atoms with Crippen LogP contribution in [0.1, 0.15) is 32.6 Å². The number of urea groups is 1. The van der Waals surface area contributed by atoms with Gasteiger partial charge in [0.2, 0.25) is 0 Å². The van der Waals surface area contributed by atoms with Gasteiger partial charge in [-0.2, -0.15) is 0 Å². The van der Waals surface area contributed by atoms with Crippen LogP contribution < -0.4 is 10.2 Å². The van der Waals surface area contributed by atoms with Crippen LogP contribution in [-0.4, -0.2) is 88.7 Å². The van der Waals surface area contributed by atoms with Crippen molar-refractivity contribution < 1.29 is 19.0 Å². The van der Waals surface area contributed by atoms with Gasteiger partial charge in [0.05, 0.1) is 25.9 Å². The summed E-state index contributed by atoms with van der Waals surface area (Å²) in [5, 5.41) is 3.06. The smallest absolute Gasteiger partial charge is 0.321 e. The number of anilines is 2. The fraction of sp³-hybridized carbons (Fsp3) is 0.516. The summed E-state index contributed by atoms with van der Waals surface area (Å²) in [6.45, 7) is 14.0. The highest BCUT2D eigenvalue weighted by Gasteiger charge is 2.26. The number of methoxy groups -OCH3 is 1. The van der Waals surface area contributed by atoms with Crippen molar-refractivity contribution in [2.75, 3.05) is 69.9 Å². The SMILES string of the molecule is C=C.COCCCOC1=C/C(C)N=CN=C(C2CCN(C(=O)Nc3ccc(N4CCOCC4)cc3)CC2)C/C=C\1. The van der Waals surface area contributed by atoms with Gasteiger partial charge in [0.25, 0.3) is 0 Å². The number of nitrogens with one attached hydrogen (secondary N) is 1. The van der Waals surface area contributed by atoms with Crippen LogP contribution in [0.15, 0.2) is 71.4 Å². The molecule has 2 fully saturated rings. The third-order valence-corrected chi connectivity index (χ3v) is 7.05. The monoisotopic (exact) mass is 551 g/mol. The first-order chi connectivity index (χ1) is 19.6. The normalized spacial score (nSPS) is 22.2. The predicted octanol–water partition coefficient (Wildman–Crippen LogP) is 5.32. The molecule has 9 nitrogen and oxygen atoms in total. The number of amides is 2. The Balaban J connectivity index is 0.00000216. The highest BCUT2D eigenvalue weighted by Crippen LogP contribution is 2.23. The summed E-state index contributed by atoms with van der Waals surface area (Å²) in [5.74, 6) is 1.16. The number of aliphatic imine (C=N–C) groups is 2. The topological polar surface area (TPSA) is 88.0 Å². The Kier molecular flexibility index (Phi) is 13.5. The highest BCUT2D eigenvalue weighted by molar-refractivity contribution is 5.94. The van der Waals surface area contributed by atoms with Crippen LogP contribution in [0.2, 0.25) is 0 Å². The molecule has 2 amide bonds. The molecule has 218 valence electrons. The van der Waals surface area contributed by atoms with Gasteiger partial charge >= 0.3 is 6.03 Å². The van der Waals surface area contributed by atoms with Crippen LogP contribution >= 0.6 is 0 Å². The van der Waals surface area contributed by atoms with E-state index >= 15 is 0 Å². The lowest BCUT2D eigenvalue weighted by Gasteiger charge is -2.32. The average Bonchev–Trinajstić information content (AvgIpc) is 3.00. The van der Waals surface area contributed by atoms with Crippen LogP contribution in [0.4, 0.5) is 16.2 Å². The Hall–Kier alpha value is -3.43. The second kappa shape index (κ2) is 17.3. The number of piperidine rings is 1. The van der Waals surface area contributed by atoms with E-state index in [4.69, 9.17) is 19.2 Å². The van der Waals surface area contributed by atoms with Crippen molar-refractivity contribution in [1.82, 2.24) is 4.90 Å². The number of benzene rings is 1. The molecule has 40 heavy (non-hydrogen) atoms. The van der Waals surface area contributed by atoms with Crippen LogP contribution in [0.3, 0.4) is 0 Å². The summed E-state index contributed by atoms with van der Waals surface area (Å²) in [6, 6.07) is 8.00. The van der Waals surface area contributed by atoms with E-state index in [9.17, 15) is 4.79 Å². The maximum Gasteiger partial charge on any atom is 0.321 e. The van der Waals surface area contributed by atoms with Crippen molar-refractivity contribution in [3.63, 3.8) is 0 Å². The number of likely N-dealkylation sites (tertiary alicyclic amines) is 1. The summed E-state index contributed by atoms with van der Waals surface area (Å²) in [5.41, 5.74) is 3.08.